The Kier molecular flexibility index (Phi) is 4.49. The minimum absolute atomic E-state index is 0.137. The highest BCUT2D eigenvalue weighted by Crippen LogP contribution is 2.27. The maximum Gasteiger partial charge on any atom is 0.267 e. The third-order valence-corrected chi connectivity index (χ3v) is 3.26. The van der Waals surface area contributed by atoms with Crippen LogP contribution in [-0.4, -0.2) is 18.0 Å². The van der Waals surface area contributed by atoms with Crippen molar-refractivity contribution in [1.29, 1.82) is 0 Å². The summed E-state index contributed by atoms with van der Waals surface area (Å²) in [4.78, 5) is 15.2. The molecule has 0 aliphatic carbocycles. The molecule has 2 aromatic rings. The molecule has 5 N–H and O–H groups in total. The molecular formula is C14H15ClN4O2. The van der Waals surface area contributed by atoms with E-state index in [1.807, 2.05) is 0 Å². The van der Waals surface area contributed by atoms with E-state index in [1.165, 1.54) is 6.07 Å². The van der Waals surface area contributed by atoms with Crippen LogP contribution in [0.4, 0.5) is 11.5 Å². The summed E-state index contributed by atoms with van der Waals surface area (Å²) in [5.74, 6) is 0.404. The molecular weight excluding hydrogens is 292 g/mol. The average molecular weight is 307 g/mol. The van der Waals surface area contributed by atoms with Gasteiger partial charge in [0.25, 0.3) is 5.91 Å². The van der Waals surface area contributed by atoms with Gasteiger partial charge in [0.1, 0.15) is 17.3 Å². The fraction of sp³-hybridized carbons (Fsp3) is 0.143. The van der Waals surface area contributed by atoms with Crippen molar-refractivity contribution in [2.45, 2.75) is 6.54 Å². The van der Waals surface area contributed by atoms with Crippen LogP contribution in [0.2, 0.25) is 5.02 Å². The number of nitrogen functional groups attached to an aromatic ring is 1. The zero-order chi connectivity index (χ0) is 15.4. The van der Waals surface area contributed by atoms with Crippen LogP contribution in [0.3, 0.4) is 0 Å². The third-order valence-electron chi connectivity index (χ3n) is 2.91. The lowest BCUT2D eigenvalue weighted by molar-refractivity contribution is 0.0996. The normalized spacial score (nSPS) is 10.2. The van der Waals surface area contributed by atoms with E-state index in [0.717, 1.165) is 5.56 Å². The Hall–Kier alpha value is -2.47. The Morgan fingerprint density at radius 1 is 1.38 bits per heavy atom. The second-order valence-corrected chi connectivity index (χ2v) is 4.68. The van der Waals surface area contributed by atoms with Crippen LogP contribution in [0.25, 0.3) is 0 Å². The lowest BCUT2D eigenvalue weighted by atomic mass is 10.2. The van der Waals surface area contributed by atoms with Crippen molar-refractivity contribution in [1.82, 2.24) is 4.98 Å². The molecule has 0 aliphatic rings. The number of aromatic nitrogens is 1. The first-order valence-electron chi connectivity index (χ1n) is 6.14. The molecule has 21 heavy (non-hydrogen) atoms. The summed E-state index contributed by atoms with van der Waals surface area (Å²) in [6.07, 6.45) is 0. The number of methoxy groups -OCH3 is 1. The van der Waals surface area contributed by atoms with Gasteiger partial charge in [-0.05, 0) is 24.3 Å². The monoisotopic (exact) mass is 306 g/mol. The smallest absolute Gasteiger partial charge is 0.267 e. The van der Waals surface area contributed by atoms with E-state index in [9.17, 15) is 4.79 Å². The Balaban J connectivity index is 2.24. The largest absolute Gasteiger partial charge is 0.496 e. The molecule has 2 rings (SSSR count). The average Bonchev–Trinajstić information content (AvgIpc) is 2.47. The van der Waals surface area contributed by atoms with Crippen LogP contribution in [-0.2, 0) is 6.54 Å². The first-order valence-corrected chi connectivity index (χ1v) is 6.52. The van der Waals surface area contributed by atoms with Crippen LogP contribution < -0.4 is 21.5 Å². The number of carbonyl (C=O) groups is 1. The lowest BCUT2D eigenvalue weighted by Crippen LogP contribution is -2.15. The summed E-state index contributed by atoms with van der Waals surface area (Å²) in [5.41, 5.74) is 12.3. The Morgan fingerprint density at radius 3 is 2.81 bits per heavy atom. The summed E-state index contributed by atoms with van der Waals surface area (Å²) in [5, 5.41) is 3.59. The number of nitrogens with two attached hydrogens (primary N) is 2. The highest BCUT2D eigenvalue weighted by molar-refractivity contribution is 6.31. The van der Waals surface area contributed by atoms with Crippen LogP contribution in [0.5, 0.6) is 5.75 Å². The maximum absolute atomic E-state index is 11.1. The van der Waals surface area contributed by atoms with Gasteiger partial charge in [0.05, 0.1) is 12.8 Å². The van der Waals surface area contributed by atoms with Crippen LogP contribution >= 0.6 is 11.6 Å². The quantitative estimate of drug-likeness (QED) is 0.784. The molecule has 0 radical (unpaired) electrons. The molecule has 6 nitrogen and oxygen atoms in total. The molecule has 1 amide bonds. The number of hydrogen-bond acceptors (Lipinski definition) is 5. The molecule has 1 aromatic carbocycles. The van der Waals surface area contributed by atoms with Crippen molar-refractivity contribution < 1.29 is 9.53 Å². The maximum atomic E-state index is 11.1. The minimum atomic E-state index is -0.617. The summed E-state index contributed by atoms with van der Waals surface area (Å²) in [6, 6.07) is 8.40. The second kappa shape index (κ2) is 6.32. The van der Waals surface area contributed by atoms with Gasteiger partial charge in [-0.2, -0.15) is 0 Å². The van der Waals surface area contributed by atoms with Crippen LogP contribution in [0.1, 0.15) is 16.1 Å². The molecule has 0 unspecified atom stereocenters. The van der Waals surface area contributed by atoms with E-state index in [2.05, 4.69) is 10.3 Å². The zero-order valence-electron chi connectivity index (χ0n) is 11.4. The van der Waals surface area contributed by atoms with E-state index in [-0.39, 0.29) is 5.69 Å². The first kappa shape index (κ1) is 14.9. The van der Waals surface area contributed by atoms with E-state index >= 15 is 0 Å². The molecule has 0 atom stereocenters. The fourth-order valence-electron chi connectivity index (χ4n) is 1.82. The second-order valence-electron chi connectivity index (χ2n) is 4.27. The molecule has 0 spiro atoms. The molecule has 0 bridgehead atoms. The van der Waals surface area contributed by atoms with Gasteiger partial charge < -0.3 is 21.5 Å². The van der Waals surface area contributed by atoms with Gasteiger partial charge >= 0.3 is 0 Å². The van der Waals surface area contributed by atoms with Gasteiger partial charge in [-0.1, -0.05) is 17.7 Å². The number of anilines is 2. The fourth-order valence-corrected chi connectivity index (χ4v) is 2.06. The summed E-state index contributed by atoms with van der Waals surface area (Å²) >= 11 is 6.15. The minimum Gasteiger partial charge on any atom is -0.496 e. The molecule has 0 saturated heterocycles. The number of amides is 1. The Labute approximate surface area is 127 Å². The van der Waals surface area contributed by atoms with E-state index in [1.54, 1.807) is 31.4 Å². The molecule has 1 heterocycles. The predicted molar refractivity (Wildman–Crippen MR) is 82.5 cm³/mol. The number of carbonyl (C=O) groups excluding carboxylic acids is 1. The van der Waals surface area contributed by atoms with Gasteiger partial charge in [-0.15, -0.1) is 0 Å². The van der Waals surface area contributed by atoms with Crippen molar-refractivity contribution in [2.75, 3.05) is 18.2 Å². The number of nitrogens with zero attached hydrogens (tertiary/aromatic N) is 1. The predicted octanol–water partition coefficient (Wildman–Crippen LogP) is 2.04. The molecule has 7 heteroatoms. The van der Waals surface area contributed by atoms with Gasteiger partial charge in [0.15, 0.2) is 0 Å². The van der Waals surface area contributed by atoms with E-state index in [0.29, 0.717) is 28.8 Å². The Morgan fingerprint density at radius 2 is 2.14 bits per heavy atom. The van der Waals surface area contributed by atoms with E-state index < -0.39 is 5.91 Å². The van der Waals surface area contributed by atoms with Gasteiger partial charge in [-0.25, -0.2) is 4.98 Å². The number of rotatable bonds is 5. The highest BCUT2D eigenvalue weighted by Gasteiger charge is 2.10. The summed E-state index contributed by atoms with van der Waals surface area (Å²) < 4.78 is 5.26. The number of nitrogens with one attached hydrogen (secondary N) is 1. The van der Waals surface area contributed by atoms with Crippen molar-refractivity contribution in [2.24, 2.45) is 5.73 Å². The van der Waals surface area contributed by atoms with Crippen molar-refractivity contribution in [3.05, 3.63) is 46.6 Å². The van der Waals surface area contributed by atoms with Crippen LogP contribution in [0.15, 0.2) is 30.3 Å². The number of halogens is 1. The number of benzene rings is 1. The number of pyridine rings is 1. The molecule has 0 saturated carbocycles. The number of ether oxygens (including phenoxy) is 1. The zero-order valence-corrected chi connectivity index (χ0v) is 12.1. The van der Waals surface area contributed by atoms with Crippen LogP contribution in [0, 0.1) is 0 Å². The molecule has 0 aliphatic heterocycles. The molecule has 1 aromatic heterocycles. The first-order chi connectivity index (χ1) is 10.0. The standard InChI is InChI=1S/C14H15ClN4O2/c1-21-12-4-2-3-9(15)8(12)7-18-14-10(16)5-6-11(19-14)13(17)20/h2-6H,7,16H2,1H3,(H2,17,20)(H,18,19). The van der Waals surface area contributed by atoms with Gasteiger partial charge in [0.2, 0.25) is 0 Å². The number of hydrogen-bond donors (Lipinski definition) is 3. The summed E-state index contributed by atoms with van der Waals surface area (Å²) in [7, 11) is 1.56. The lowest BCUT2D eigenvalue weighted by Gasteiger charge is -2.13. The highest BCUT2D eigenvalue weighted by atomic mass is 35.5. The SMILES string of the molecule is COc1cccc(Cl)c1CNc1nc(C(N)=O)ccc1N. The van der Waals surface area contributed by atoms with Gasteiger partial charge in [0, 0.05) is 17.1 Å². The Bertz CT molecular complexity index is 676. The van der Waals surface area contributed by atoms with Crippen molar-refractivity contribution >= 4 is 29.0 Å². The van der Waals surface area contributed by atoms with Crippen molar-refractivity contribution in [3.63, 3.8) is 0 Å². The van der Waals surface area contributed by atoms with Gasteiger partial charge in [-0.3, -0.25) is 4.79 Å². The van der Waals surface area contributed by atoms with E-state index in [4.69, 9.17) is 27.8 Å². The molecule has 0 fully saturated rings. The molecule has 110 valence electrons. The third kappa shape index (κ3) is 3.35. The summed E-state index contributed by atoms with van der Waals surface area (Å²) in [6.45, 7) is 0.349. The number of primary amides is 1. The van der Waals surface area contributed by atoms with Crippen molar-refractivity contribution in [3.8, 4) is 5.75 Å². The topological polar surface area (TPSA) is 103 Å².